The summed E-state index contributed by atoms with van der Waals surface area (Å²) in [5, 5.41) is 3.13. The van der Waals surface area contributed by atoms with Crippen LogP contribution in [-0.2, 0) is 11.3 Å². The van der Waals surface area contributed by atoms with Crippen LogP contribution in [0.15, 0.2) is 24.3 Å². The van der Waals surface area contributed by atoms with E-state index in [0.717, 1.165) is 13.1 Å². The Labute approximate surface area is 109 Å². The summed E-state index contributed by atoms with van der Waals surface area (Å²) in [6.07, 6.45) is 0. The molecule has 1 aromatic rings. The van der Waals surface area contributed by atoms with Crippen molar-refractivity contribution < 1.29 is 4.79 Å². The predicted octanol–water partition coefficient (Wildman–Crippen LogP) is 0.930. The summed E-state index contributed by atoms with van der Waals surface area (Å²) in [4.78, 5) is 15.9. The molecule has 0 saturated carbocycles. The van der Waals surface area contributed by atoms with Crippen molar-refractivity contribution in [3.8, 4) is 0 Å². The van der Waals surface area contributed by atoms with Crippen molar-refractivity contribution >= 4 is 11.6 Å². The first kappa shape index (κ1) is 12.9. The Hall–Kier alpha value is -1.55. The molecule has 1 aromatic carbocycles. The molecule has 0 atom stereocenters. The maximum absolute atomic E-state index is 12.0. The van der Waals surface area contributed by atoms with Gasteiger partial charge in [0, 0.05) is 46.5 Å². The van der Waals surface area contributed by atoms with Gasteiger partial charge in [-0.1, -0.05) is 12.1 Å². The molecule has 1 aliphatic heterocycles. The maximum atomic E-state index is 12.0. The highest BCUT2D eigenvalue weighted by Crippen LogP contribution is 2.16. The van der Waals surface area contributed by atoms with Gasteiger partial charge in [0.2, 0.25) is 5.91 Å². The summed E-state index contributed by atoms with van der Waals surface area (Å²) in [5.74, 6) is 0.413. The number of carbonyl (C=O) groups excluding carboxylic acids is 1. The van der Waals surface area contributed by atoms with E-state index in [2.05, 4.69) is 28.4 Å². The fraction of sp³-hybridized carbons (Fsp3) is 0.500. The number of amides is 1. The van der Waals surface area contributed by atoms with Gasteiger partial charge < -0.3 is 15.1 Å². The van der Waals surface area contributed by atoms with E-state index >= 15 is 0 Å². The molecule has 1 fully saturated rings. The first-order chi connectivity index (χ1) is 8.58. The molecule has 0 bridgehead atoms. The van der Waals surface area contributed by atoms with E-state index in [0.29, 0.717) is 6.54 Å². The minimum atomic E-state index is 0.173. The first-order valence-electron chi connectivity index (χ1n) is 6.30. The van der Waals surface area contributed by atoms with E-state index < -0.39 is 0 Å². The Kier molecular flexibility index (Phi) is 3.87. The van der Waals surface area contributed by atoms with E-state index in [1.54, 1.807) is 0 Å². The van der Waals surface area contributed by atoms with Crippen LogP contribution in [0.2, 0.25) is 0 Å². The third-order valence-corrected chi connectivity index (χ3v) is 3.35. The summed E-state index contributed by atoms with van der Waals surface area (Å²) < 4.78 is 0. The molecular formula is C14H21N3O. The van der Waals surface area contributed by atoms with Crippen LogP contribution >= 0.6 is 0 Å². The highest BCUT2D eigenvalue weighted by atomic mass is 16.2. The predicted molar refractivity (Wildman–Crippen MR) is 73.6 cm³/mol. The minimum absolute atomic E-state index is 0.173. The van der Waals surface area contributed by atoms with Gasteiger partial charge >= 0.3 is 0 Å². The number of benzene rings is 1. The number of carbonyl (C=O) groups is 1. The smallest absolute Gasteiger partial charge is 0.228 e. The van der Waals surface area contributed by atoms with Crippen molar-refractivity contribution in [2.45, 2.75) is 6.54 Å². The zero-order chi connectivity index (χ0) is 13.1. The summed E-state index contributed by atoms with van der Waals surface area (Å²) in [6, 6.07) is 8.30. The van der Waals surface area contributed by atoms with Gasteiger partial charge in [-0.25, -0.2) is 0 Å². The van der Waals surface area contributed by atoms with Crippen molar-refractivity contribution in [3.63, 3.8) is 0 Å². The number of nitrogens with one attached hydrogen (secondary N) is 1. The van der Waals surface area contributed by atoms with Gasteiger partial charge in [0.05, 0.1) is 5.92 Å². The van der Waals surface area contributed by atoms with Crippen LogP contribution < -0.4 is 10.2 Å². The molecule has 98 valence electrons. The van der Waals surface area contributed by atoms with Crippen LogP contribution in [0.1, 0.15) is 5.56 Å². The van der Waals surface area contributed by atoms with Crippen LogP contribution in [0.4, 0.5) is 5.69 Å². The SMILES string of the molecule is CN(Cc1cccc(N(C)C)c1)C(=O)C1CNC1. The van der Waals surface area contributed by atoms with E-state index in [-0.39, 0.29) is 11.8 Å². The molecular weight excluding hydrogens is 226 g/mol. The molecule has 1 saturated heterocycles. The maximum Gasteiger partial charge on any atom is 0.228 e. The Bertz CT molecular complexity index is 427. The van der Waals surface area contributed by atoms with Gasteiger partial charge in [-0.2, -0.15) is 0 Å². The average Bonchev–Trinajstić information content (AvgIpc) is 2.26. The Morgan fingerprint density at radius 1 is 1.33 bits per heavy atom. The quantitative estimate of drug-likeness (QED) is 0.860. The third kappa shape index (κ3) is 2.82. The van der Waals surface area contributed by atoms with Crippen molar-refractivity contribution in [3.05, 3.63) is 29.8 Å². The van der Waals surface area contributed by atoms with Gasteiger partial charge in [-0.15, -0.1) is 0 Å². The fourth-order valence-electron chi connectivity index (χ4n) is 2.06. The topological polar surface area (TPSA) is 35.6 Å². The largest absolute Gasteiger partial charge is 0.378 e. The lowest BCUT2D eigenvalue weighted by atomic mass is 10.0. The lowest BCUT2D eigenvalue weighted by Crippen LogP contribution is -2.50. The van der Waals surface area contributed by atoms with E-state index in [1.807, 2.05) is 32.1 Å². The lowest BCUT2D eigenvalue weighted by molar-refractivity contribution is -0.136. The number of hydrogen-bond acceptors (Lipinski definition) is 3. The van der Waals surface area contributed by atoms with Crippen molar-refractivity contribution in [1.82, 2.24) is 10.2 Å². The molecule has 0 aliphatic carbocycles. The van der Waals surface area contributed by atoms with Crippen molar-refractivity contribution in [2.24, 2.45) is 5.92 Å². The molecule has 1 heterocycles. The second-order valence-corrected chi connectivity index (χ2v) is 5.11. The zero-order valence-electron chi connectivity index (χ0n) is 11.3. The number of rotatable bonds is 4. The number of anilines is 1. The molecule has 1 N–H and O–H groups in total. The van der Waals surface area contributed by atoms with E-state index in [4.69, 9.17) is 0 Å². The van der Waals surface area contributed by atoms with Gasteiger partial charge in [-0.05, 0) is 17.7 Å². The van der Waals surface area contributed by atoms with Crippen LogP contribution in [-0.4, -0.2) is 45.0 Å². The van der Waals surface area contributed by atoms with Gasteiger partial charge in [0.1, 0.15) is 0 Å². The van der Waals surface area contributed by atoms with Crippen LogP contribution in [0.3, 0.4) is 0 Å². The summed E-state index contributed by atoms with van der Waals surface area (Å²) in [7, 11) is 5.92. The van der Waals surface area contributed by atoms with Crippen LogP contribution in [0.5, 0.6) is 0 Å². The molecule has 0 spiro atoms. The molecule has 18 heavy (non-hydrogen) atoms. The Morgan fingerprint density at radius 3 is 2.61 bits per heavy atom. The second-order valence-electron chi connectivity index (χ2n) is 5.11. The second kappa shape index (κ2) is 5.40. The number of nitrogens with zero attached hydrogens (tertiary/aromatic N) is 2. The molecule has 1 aliphatic rings. The lowest BCUT2D eigenvalue weighted by Gasteiger charge is -2.30. The Morgan fingerprint density at radius 2 is 2.06 bits per heavy atom. The van der Waals surface area contributed by atoms with E-state index in [9.17, 15) is 4.79 Å². The Balaban J connectivity index is 1.99. The van der Waals surface area contributed by atoms with E-state index in [1.165, 1.54) is 11.3 Å². The molecule has 0 unspecified atom stereocenters. The molecule has 4 heteroatoms. The molecule has 2 rings (SSSR count). The highest BCUT2D eigenvalue weighted by Gasteiger charge is 2.27. The van der Waals surface area contributed by atoms with Crippen LogP contribution in [0.25, 0.3) is 0 Å². The van der Waals surface area contributed by atoms with Crippen molar-refractivity contribution in [1.29, 1.82) is 0 Å². The monoisotopic (exact) mass is 247 g/mol. The van der Waals surface area contributed by atoms with Gasteiger partial charge in [0.15, 0.2) is 0 Å². The average molecular weight is 247 g/mol. The minimum Gasteiger partial charge on any atom is -0.378 e. The summed E-state index contributed by atoms with van der Waals surface area (Å²) >= 11 is 0. The molecule has 4 nitrogen and oxygen atoms in total. The van der Waals surface area contributed by atoms with Gasteiger partial charge in [0.25, 0.3) is 0 Å². The number of hydrogen-bond donors (Lipinski definition) is 1. The summed E-state index contributed by atoms with van der Waals surface area (Å²) in [5.41, 5.74) is 2.34. The zero-order valence-corrected chi connectivity index (χ0v) is 11.3. The third-order valence-electron chi connectivity index (χ3n) is 3.35. The van der Waals surface area contributed by atoms with Crippen molar-refractivity contribution in [2.75, 3.05) is 39.1 Å². The van der Waals surface area contributed by atoms with Gasteiger partial charge in [-0.3, -0.25) is 4.79 Å². The van der Waals surface area contributed by atoms with Crippen LogP contribution in [0, 0.1) is 5.92 Å². The molecule has 0 aromatic heterocycles. The summed E-state index contributed by atoms with van der Waals surface area (Å²) in [6.45, 7) is 2.32. The highest BCUT2D eigenvalue weighted by molar-refractivity contribution is 5.80. The molecule has 0 radical (unpaired) electrons. The molecule has 1 amide bonds. The normalized spacial score (nSPS) is 15.1. The fourth-order valence-corrected chi connectivity index (χ4v) is 2.06. The standard InChI is InChI=1S/C14H21N3O/c1-16(2)13-6-4-5-11(7-13)10-17(3)14(18)12-8-15-9-12/h4-7,12,15H,8-10H2,1-3H3. The first-order valence-corrected chi connectivity index (χ1v) is 6.30.